The zero-order valence-electron chi connectivity index (χ0n) is 20.0. The van der Waals surface area contributed by atoms with Gasteiger partial charge in [-0.1, -0.05) is 34.1 Å². The van der Waals surface area contributed by atoms with E-state index in [4.69, 9.17) is 18.9 Å². The molecule has 0 spiro atoms. The largest absolute Gasteiger partial charge is 0.466 e. The molecule has 6 nitrogen and oxygen atoms in total. The molecular formula is C24H42O6. The molecule has 2 fully saturated rings. The van der Waals surface area contributed by atoms with E-state index >= 15 is 0 Å². The average molecular weight is 427 g/mol. The number of hydrogen-bond donors (Lipinski definition) is 0. The minimum atomic E-state index is -0.553. The van der Waals surface area contributed by atoms with Crippen LogP contribution < -0.4 is 0 Å². The highest BCUT2D eigenvalue weighted by Crippen LogP contribution is 2.52. The molecule has 2 rings (SSSR count). The molecule has 0 radical (unpaired) electrons. The van der Waals surface area contributed by atoms with Gasteiger partial charge in [-0.2, -0.15) is 0 Å². The first-order valence-electron chi connectivity index (χ1n) is 11.6. The fraction of sp³-hybridized carbons (Fsp3) is 0.917. The Kier molecular flexibility index (Phi) is 8.36. The van der Waals surface area contributed by atoms with Crippen molar-refractivity contribution in [3.8, 4) is 0 Å². The Bertz CT molecular complexity index is 603. The fourth-order valence-corrected chi connectivity index (χ4v) is 5.03. The van der Waals surface area contributed by atoms with Crippen molar-refractivity contribution in [1.82, 2.24) is 0 Å². The van der Waals surface area contributed by atoms with Crippen LogP contribution in [0.5, 0.6) is 0 Å². The van der Waals surface area contributed by atoms with Crippen LogP contribution in [0, 0.1) is 11.3 Å². The molecule has 174 valence electrons. The molecule has 2 heterocycles. The first-order valence-corrected chi connectivity index (χ1v) is 11.6. The lowest BCUT2D eigenvalue weighted by Crippen LogP contribution is -2.60. The summed E-state index contributed by atoms with van der Waals surface area (Å²) in [5.74, 6) is -0.114. The van der Waals surface area contributed by atoms with Gasteiger partial charge in [0.25, 0.3) is 0 Å². The van der Waals surface area contributed by atoms with Crippen LogP contribution >= 0.6 is 0 Å². The summed E-state index contributed by atoms with van der Waals surface area (Å²) in [6, 6.07) is 0. The van der Waals surface area contributed by atoms with Crippen molar-refractivity contribution in [3.63, 3.8) is 0 Å². The summed E-state index contributed by atoms with van der Waals surface area (Å²) in [5.41, 5.74) is -1.19. The summed E-state index contributed by atoms with van der Waals surface area (Å²) in [6.45, 7) is 15.0. The zero-order valence-corrected chi connectivity index (χ0v) is 20.0. The lowest BCUT2D eigenvalue weighted by molar-refractivity contribution is -0.274. The maximum Gasteiger partial charge on any atom is 0.308 e. The second kappa shape index (κ2) is 9.99. The molecule has 0 aromatic carbocycles. The summed E-state index contributed by atoms with van der Waals surface area (Å²) in [7, 11) is 0. The number of rotatable bonds is 11. The SMILES string of the molecule is CCCC(C)C(CCC(C)(C)C1(C)OCC2(CC(=O)OCC)CCC1O2)OC(C)=O. The number of fused-ring (bicyclic) bond motifs is 2. The van der Waals surface area contributed by atoms with Gasteiger partial charge in [0.15, 0.2) is 0 Å². The van der Waals surface area contributed by atoms with E-state index in [9.17, 15) is 9.59 Å². The summed E-state index contributed by atoms with van der Waals surface area (Å²) >= 11 is 0. The Morgan fingerprint density at radius 1 is 1.23 bits per heavy atom. The van der Waals surface area contributed by atoms with Crippen LogP contribution in [0.15, 0.2) is 0 Å². The Balaban J connectivity index is 2.05. The molecule has 2 saturated heterocycles. The van der Waals surface area contributed by atoms with Gasteiger partial charge in [-0.25, -0.2) is 0 Å². The smallest absolute Gasteiger partial charge is 0.308 e. The third-order valence-electron chi connectivity index (χ3n) is 7.37. The van der Waals surface area contributed by atoms with Crippen LogP contribution in [0.3, 0.4) is 0 Å². The van der Waals surface area contributed by atoms with Gasteiger partial charge in [-0.3, -0.25) is 9.59 Å². The molecule has 0 saturated carbocycles. The third-order valence-corrected chi connectivity index (χ3v) is 7.37. The van der Waals surface area contributed by atoms with Crippen LogP contribution in [0.2, 0.25) is 0 Å². The fourth-order valence-electron chi connectivity index (χ4n) is 5.03. The normalized spacial score (nSPS) is 30.6. The molecule has 6 heteroatoms. The van der Waals surface area contributed by atoms with Crippen molar-refractivity contribution >= 4 is 11.9 Å². The van der Waals surface area contributed by atoms with Crippen molar-refractivity contribution < 1.29 is 28.5 Å². The maximum absolute atomic E-state index is 12.0. The molecule has 0 aromatic heterocycles. The van der Waals surface area contributed by atoms with Gasteiger partial charge in [0.2, 0.25) is 0 Å². The Morgan fingerprint density at radius 2 is 1.93 bits per heavy atom. The van der Waals surface area contributed by atoms with Crippen molar-refractivity contribution in [1.29, 1.82) is 0 Å². The standard InChI is InChI=1S/C24H42O6/c1-8-10-17(3)19(29-18(4)25)11-13-22(5,6)23(7)20-12-14-24(30-20,16-28-23)15-21(26)27-9-2/h17,19-20H,8-16H2,1-7H3. The van der Waals surface area contributed by atoms with Crippen LogP contribution in [0.25, 0.3) is 0 Å². The van der Waals surface area contributed by atoms with Crippen LogP contribution in [0.1, 0.15) is 93.4 Å². The number of carbonyl (C=O) groups is 2. The van der Waals surface area contributed by atoms with E-state index in [2.05, 4.69) is 34.6 Å². The molecule has 0 N–H and O–H groups in total. The minimum Gasteiger partial charge on any atom is -0.466 e. The predicted octanol–water partition coefficient (Wildman–Crippen LogP) is 4.82. The third kappa shape index (κ3) is 5.56. The van der Waals surface area contributed by atoms with Crippen LogP contribution in [-0.4, -0.2) is 48.6 Å². The Morgan fingerprint density at radius 3 is 2.53 bits per heavy atom. The average Bonchev–Trinajstić information content (AvgIpc) is 3.02. The molecule has 30 heavy (non-hydrogen) atoms. The van der Waals surface area contributed by atoms with E-state index in [-0.39, 0.29) is 36.0 Å². The van der Waals surface area contributed by atoms with Crippen molar-refractivity contribution in [2.45, 2.75) is 117 Å². The first kappa shape index (κ1) is 25.1. The summed E-state index contributed by atoms with van der Waals surface area (Å²) in [5, 5.41) is 0. The summed E-state index contributed by atoms with van der Waals surface area (Å²) < 4.78 is 23.7. The molecule has 2 aliphatic rings. The van der Waals surface area contributed by atoms with Crippen LogP contribution in [-0.2, 0) is 28.5 Å². The van der Waals surface area contributed by atoms with Gasteiger partial charge < -0.3 is 18.9 Å². The summed E-state index contributed by atoms with van der Waals surface area (Å²) in [6.07, 6.45) is 5.56. The molecule has 2 bridgehead atoms. The molecular weight excluding hydrogens is 384 g/mol. The zero-order chi connectivity index (χ0) is 22.6. The van der Waals surface area contributed by atoms with Gasteiger partial charge in [0.05, 0.1) is 31.3 Å². The quantitative estimate of drug-likeness (QED) is 0.441. The van der Waals surface area contributed by atoms with Crippen LogP contribution in [0.4, 0.5) is 0 Å². The van der Waals surface area contributed by atoms with E-state index in [0.717, 1.165) is 38.5 Å². The second-order valence-electron chi connectivity index (χ2n) is 10.0. The van der Waals surface area contributed by atoms with Gasteiger partial charge in [0, 0.05) is 6.92 Å². The van der Waals surface area contributed by atoms with Gasteiger partial charge >= 0.3 is 11.9 Å². The number of carbonyl (C=O) groups excluding carboxylic acids is 2. The van der Waals surface area contributed by atoms with Crippen molar-refractivity contribution in [2.24, 2.45) is 11.3 Å². The molecule has 5 atom stereocenters. The van der Waals surface area contributed by atoms with E-state index in [1.807, 2.05) is 6.92 Å². The van der Waals surface area contributed by atoms with Crippen molar-refractivity contribution in [2.75, 3.05) is 13.2 Å². The lowest BCUT2D eigenvalue weighted by Gasteiger charge is -2.52. The highest BCUT2D eigenvalue weighted by Gasteiger charge is 2.59. The second-order valence-corrected chi connectivity index (χ2v) is 10.0. The highest BCUT2D eigenvalue weighted by atomic mass is 16.6. The van der Waals surface area contributed by atoms with E-state index < -0.39 is 11.2 Å². The van der Waals surface area contributed by atoms with E-state index in [1.54, 1.807) is 0 Å². The molecule has 0 aromatic rings. The number of ether oxygens (including phenoxy) is 4. The lowest BCUT2D eigenvalue weighted by atomic mass is 9.68. The highest BCUT2D eigenvalue weighted by molar-refractivity contribution is 5.70. The molecule has 0 aliphatic carbocycles. The Labute approximate surface area is 182 Å². The van der Waals surface area contributed by atoms with Crippen molar-refractivity contribution in [3.05, 3.63) is 0 Å². The topological polar surface area (TPSA) is 71.1 Å². The Hall–Kier alpha value is -1.14. The predicted molar refractivity (Wildman–Crippen MR) is 115 cm³/mol. The van der Waals surface area contributed by atoms with Gasteiger partial charge in [0.1, 0.15) is 11.7 Å². The number of esters is 2. The van der Waals surface area contributed by atoms with E-state index in [1.165, 1.54) is 6.92 Å². The maximum atomic E-state index is 12.0. The first-order chi connectivity index (χ1) is 14.0. The monoisotopic (exact) mass is 426 g/mol. The van der Waals surface area contributed by atoms with E-state index in [0.29, 0.717) is 19.1 Å². The number of hydrogen-bond acceptors (Lipinski definition) is 6. The molecule has 2 aliphatic heterocycles. The summed E-state index contributed by atoms with van der Waals surface area (Å²) in [4.78, 5) is 23.7. The van der Waals surface area contributed by atoms with Gasteiger partial charge in [-0.15, -0.1) is 0 Å². The molecule has 0 amide bonds. The minimum absolute atomic E-state index is 0.0593. The molecule has 5 unspecified atom stereocenters. The van der Waals surface area contributed by atoms with Gasteiger partial charge in [-0.05, 0) is 57.3 Å².